The van der Waals surface area contributed by atoms with E-state index in [1.807, 2.05) is 41.3 Å². The van der Waals surface area contributed by atoms with Crippen LogP contribution in [0.4, 0.5) is 5.69 Å². The summed E-state index contributed by atoms with van der Waals surface area (Å²) in [7, 11) is 1.59. The summed E-state index contributed by atoms with van der Waals surface area (Å²) >= 11 is 0. The summed E-state index contributed by atoms with van der Waals surface area (Å²) in [5.74, 6) is 1.77. The monoisotopic (exact) mass is 411 g/mol. The molecule has 1 atom stereocenters. The number of carbonyl (C=O) groups excluding carboxylic acids is 2. The summed E-state index contributed by atoms with van der Waals surface area (Å²) in [6.45, 7) is 2.83. The lowest BCUT2D eigenvalue weighted by atomic mass is 10.2. The molecular formula is C22H25N3O5. The Kier molecular flexibility index (Phi) is 6.04. The highest BCUT2D eigenvalue weighted by molar-refractivity contribution is 5.92. The van der Waals surface area contributed by atoms with Crippen molar-refractivity contribution in [3.63, 3.8) is 0 Å². The SMILES string of the molecule is COc1cccc(NC(=O)CN2CCN(C(=O)[C@@H]3COc4ccccc4O3)CC2)c1. The zero-order valence-corrected chi connectivity index (χ0v) is 16.9. The first kappa shape index (κ1) is 20.0. The smallest absolute Gasteiger partial charge is 0.267 e. The first-order valence-corrected chi connectivity index (χ1v) is 9.96. The van der Waals surface area contributed by atoms with Crippen LogP contribution in [0.15, 0.2) is 48.5 Å². The van der Waals surface area contributed by atoms with E-state index in [-0.39, 0.29) is 25.0 Å². The van der Waals surface area contributed by atoms with Gasteiger partial charge in [-0.05, 0) is 24.3 Å². The van der Waals surface area contributed by atoms with Gasteiger partial charge >= 0.3 is 0 Å². The topological polar surface area (TPSA) is 80.3 Å². The number of fused-ring (bicyclic) bond motifs is 1. The summed E-state index contributed by atoms with van der Waals surface area (Å²) in [5.41, 5.74) is 0.697. The Balaban J connectivity index is 1.24. The second kappa shape index (κ2) is 9.04. The summed E-state index contributed by atoms with van der Waals surface area (Å²) in [6.07, 6.45) is -0.636. The Morgan fingerprint density at radius 2 is 1.83 bits per heavy atom. The number of nitrogens with zero attached hydrogens (tertiary/aromatic N) is 2. The number of methoxy groups -OCH3 is 1. The van der Waals surface area contributed by atoms with Crippen molar-refractivity contribution in [3.8, 4) is 17.2 Å². The van der Waals surface area contributed by atoms with E-state index in [1.54, 1.807) is 24.1 Å². The zero-order valence-electron chi connectivity index (χ0n) is 16.9. The molecule has 30 heavy (non-hydrogen) atoms. The number of ether oxygens (including phenoxy) is 3. The van der Waals surface area contributed by atoms with Gasteiger partial charge in [-0.3, -0.25) is 14.5 Å². The minimum Gasteiger partial charge on any atom is -0.497 e. The Morgan fingerprint density at radius 1 is 1.07 bits per heavy atom. The number of rotatable bonds is 5. The molecule has 0 aromatic heterocycles. The van der Waals surface area contributed by atoms with Gasteiger partial charge in [0.2, 0.25) is 12.0 Å². The van der Waals surface area contributed by atoms with Crippen LogP contribution in [0.2, 0.25) is 0 Å². The largest absolute Gasteiger partial charge is 0.497 e. The van der Waals surface area contributed by atoms with Gasteiger partial charge in [-0.2, -0.15) is 0 Å². The number of anilines is 1. The van der Waals surface area contributed by atoms with Crippen molar-refractivity contribution in [2.24, 2.45) is 0 Å². The van der Waals surface area contributed by atoms with Crippen molar-refractivity contribution in [2.45, 2.75) is 6.10 Å². The van der Waals surface area contributed by atoms with Crippen LogP contribution >= 0.6 is 0 Å². The maximum absolute atomic E-state index is 12.8. The number of para-hydroxylation sites is 2. The molecule has 2 amide bonds. The lowest BCUT2D eigenvalue weighted by Crippen LogP contribution is -2.54. The van der Waals surface area contributed by atoms with Crippen molar-refractivity contribution in [3.05, 3.63) is 48.5 Å². The van der Waals surface area contributed by atoms with Crippen molar-refractivity contribution >= 4 is 17.5 Å². The number of amides is 2. The summed E-state index contributed by atoms with van der Waals surface area (Å²) in [4.78, 5) is 29.0. The normalized spacial score (nSPS) is 18.6. The van der Waals surface area contributed by atoms with Gasteiger partial charge in [-0.1, -0.05) is 18.2 Å². The standard InChI is InChI=1S/C22H25N3O5/c1-28-17-6-4-5-16(13-17)23-21(26)14-24-9-11-25(12-10-24)22(27)20-15-29-18-7-2-3-8-19(18)30-20/h2-8,13,20H,9-12,14-15H2,1H3,(H,23,26)/t20-/m0/s1. The molecule has 1 fully saturated rings. The third-order valence-corrected chi connectivity index (χ3v) is 5.19. The molecule has 1 N–H and O–H groups in total. The molecule has 2 heterocycles. The van der Waals surface area contributed by atoms with Crippen LogP contribution in [0.3, 0.4) is 0 Å². The number of piperazine rings is 1. The minimum absolute atomic E-state index is 0.0787. The van der Waals surface area contributed by atoms with Crippen LogP contribution in [0.5, 0.6) is 17.2 Å². The second-order valence-electron chi connectivity index (χ2n) is 7.25. The van der Waals surface area contributed by atoms with E-state index in [4.69, 9.17) is 14.2 Å². The van der Waals surface area contributed by atoms with E-state index in [0.29, 0.717) is 49.1 Å². The lowest BCUT2D eigenvalue weighted by Gasteiger charge is -2.36. The summed E-state index contributed by atoms with van der Waals surface area (Å²) < 4.78 is 16.6. The van der Waals surface area contributed by atoms with Gasteiger partial charge in [-0.15, -0.1) is 0 Å². The molecule has 4 rings (SSSR count). The fourth-order valence-corrected chi connectivity index (χ4v) is 3.58. The van der Waals surface area contributed by atoms with Crippen LogP contribution in [-0.4, -0.2) is 74.2 Å². The van der Waals surface area contributed by atoms with Gasteiger partial charge < -0.3 is 24.4 Å². The third kappa shape index (κ3) is 4.65. The van der Waals surface area contributed by atoms with Crippen LogP contribution in [0.25, 0.3) is 0 Å². The maximum atomic E-state index is 12.8. The van der Waals surface area contributed by atoms with Crippen molar-refractivity contribution in [2.75, 3.05) is 51.8 Å². The molecule has 0 bridgehead atoms. The molecule has 2 aromatic rings. The molecular weight excluding hydrogens is 386 g/mol. The Bertz CT molecular complexity index is 911. The maximum Gasteiger partial charge on any atom is 0.267 e. The van der Waals surface area contributed by atoms with Gasteiger partial charge in [0, 0.05) is 37.9 Å². The fourth-order valence-electron chi connectivity index (χ4n) is 3.58. The first-order valence-electron chi connectivity index (χ1n) is 9.96. The second-order valence-corrected chi connectivity index (χ2v) is 7.25. The van der Waals surface area contributed by atoms with E-state index in [2.05, 4.69) is 5.32 Å². The average molecular weight is 411 g/mol. The minimum atomic E-state index is -0.636. The van der Waals surface area contributed by atoms with Gasteiger partial charge in [0.15, 0.2) is 11.5 Å². The van der Waals surface area contributed by atoms with Crippen LogP contribution in [0.1, 0.15) is 0 Å². The quantitative estimate of drug-likeness (QED) is 0.806. The van der Waals surface area contributed by atoms with Gasteiger partial charge in [0.1, 0.15) is 12.4 Å². The number of carbonyl (C=O) groups is 2. The molecule has 8 heteroatoms. The highest BCUT2D eigenvalue weighted by Gasteiger charge is 2.32. The van der Waals surface area contributed by atoms with E-state index in [0.717, 1.165) is 0 Å². The molecule has 1 saturated heterocycles. The molecule has 0 spiro atoms. The third-order valence-electron chi connectivity index (χ3n) is 5.19. The Labute approximate surface area is 175 Å². The Hall–Kier alpha value is -3.26. The van der Waals surface area contributed by atoms with Crippen LogP contribution in [-0.2, 0) is 9.59 Å². The molecule has 8 nitrogen and oxygen atoms in total. The summed E-state index contributed by atoms with van der Waals surface area (Å²) in [5, 5.41) is 2.88. The van der Waals surface area contributed by atoms with E-state index < -0.39 is 6.10 Å². The van der Waals surface area contributed by atoms with Gasteiger partial charge in [-0.25, -0.2) is 0 Å². The molecule has 2 aromatic carbocycles. The highest BCUT2D eigenvalue weighted by atomic mass is 16.6. The number of hydrogen-bond donors (Lipinski definition) is 1. The molecule has 158 valence electrons. The summed E-state index contributed by atoms with van der Waals surface area (Å²) in [6, 6.07) is 14.6. The average Bonchev–Trinajstić information content (AvgIpc) is 2.79. The van der Waals surface area contributed by atoms with E-state index in [9.17, 15) is 9.59 Å². The van der Waals surface area contributed by atoms with Crippen molar-refractivity contribution < 1.29 is 23.8 Å². The van der Waals surface area contributed by atoms with Crippen LogP contribution < -0.4 is 19.5 Å². The molecule has 2 aliphatic rings. The van der Waals surface area contributed by atoms with Crippen LogP contribution in [0, 0.1) is 0 Å². The van der Waals surface area contributed by atoms with Crippen molar-refractivity contribution in [1.29, 1.82) is 0 Å². The predicted molar refractivity (Wildman–Crippen MR) is 111 cm³/mol. The first-order chi connectivity index (χ1) is 14.6. The number of nitrogens with one attached hydrogen (secondary N) is 1. The molecule has 0 saturated carbocycles. The number of benzene rings is 2. The zero-order chi connectivity index (χ0) is 20.9. The van der Waals surface area contributed by atoms with Gasteiger partial charge in [0.05, 0.1) is 13.7 Å². The molecule has 0 radical (unpaired) electrons. The van der Waals surface area contributed by atoms with E-state index >= 15 is 0 Å². The predicted octanol–water partition coefficient (Wildman–Crippen LogP) is 1.62. The van der Waals surface area contributed by atoms with Gasteiger partial charge in [0.25, 0.3) is 5.91 Å². The molecule has 0 unspecified atom stereocenters. The van der Waals surface area contributed by atoms with Crippen molar-refractivity contribution in [1.82, 2.24) is 9.80 Å². The molecule has 0 aliphatic carbocycles. The lowest BCUT2D eigenvalue weighted by molar-refractivity contribution is -0.143. The number of hydrogen-bond acceptors (Lipinski definition) is 6. The molecule has 2 aliphatic heterocycles. The highest BCUT2D eigenvalue weighted by Crippen LogP contribution is 2.31. The van der Waals surface area contributed by atoms with E-state index in [1.165, 1.54) is 0 Å². The Morgan fingerprint density at radius 3 is 2.60 bits per heavy atom. The fraction of sp³-hybridized carbons (Fsp3) is 0.364.